The molecule has 0 aliphatic rings. The average molecular weight is 226 g/mol. The third kappa shape index (κ3) is 3.71. The summed E-state index contributed by atoms with van der Waals surface area (Å²) in [5, 5.41) is 11.2. The minimum atomic E-state index is 0.177. The third-order valence-corrected chi connectivity index (χ3v) is 2.59. The summed E-state index contributed by atoms with van der Waals surface area (Å²) in [5.74, 6) is 1.01. The van der Waals surface area contributed by atoms with Gasteiger partial charge in [-0.1, -0.05) is 17.3 Å². The van der Waals surface area contributed by atoms with Crippen LogP contribution >= 0.6 is 11.8 Å². The number of ether oxygens (including phenoxy) is 1. The van der Waals surface area contributed by atoms with Gasteiger partial charge in [-0.15, -0.1) is 11.8 Å². The Morgan fingerprint density at radius 1 is 1.53 bits per heavy atom. The minimum absolute atomic E-state index is 0.177. The van der Waals surface area contributed by atoms with E-state index in [1.54, 1.807) is 11.8 Å². The molecule has 5 heteroatoms. The van der Waals surface area contributed by atoms with Gasteiger partial charge in [0.05, 0.1) is 6.61 Å². The molecule has 0 radical (unpaired) electrons. The molecule has 0 unspecified atom stereocenters. The van der Waals surface area contributed by atoms with Crippen molar-refractivity contribution in [1.82, 2.24) is 0 Å². The quantitative estimate of drug-likeness (QED) is 0.265. The van der Waals surface area contributed by atoms with Gasteiger partial charge in [0.25, 0.3) is 0 Å². The maximum absolute atomic E-state index is 8.34. The van der Waals surface area contributed by atoms with E-state index in [2.05, 4.69) is 5.16 Å². The molecule has 0 amide bonds. The Morgan fingerprint density at radius 3 is 2.93 bits per heavy atom. The van der Waals surface area contributed by atoms with Gasteiger partial charge in [-0.3, -0.25) is 0 Å². The van der Waals surface area contributed by atoms with Crippen molar-refractivity contribution in [2.24, 2.45) is 10.9 Å². The van der Waals surface area contributed by atoms with Gasteiger partial charge in [-0.2, -0.15) is 0 Å². The van der Waals surface area contributed by atoms with Gasteiger partial charge in [0.15, 0.2) is 0 Å². The van der Waals surface area contributed by atoms with Gasteiger partial charge >= 0.3 is 0 Å². The van der Waals surface area contributed by atoms with Crippen LogP contribution in [0.1, 0.15) is 6.42 Å². The molecular formula is C10H14N2O2S. The number of oxime groups is 1. The van der Waals surface area contributed by atoms with Crippen LogP contribution in [0.5, 0.6) is 5.75 Å². The van der Waals surface area contributed by atoms with Crippen molar-refractivity contribution in [3.63, 3.8) is 0 Å². The maximum Gasteiger partial charge on any atom is 0.142 e. The highest BCUT2D eigenvalue weighted by Gasteiger charge is 2.01. The Balaban J connectivity index is 2.50. The summed E-state index contributed by atoms with van der Waals surface area (Å²) in [6.07, 6.45) is 2.41. The normalized spacial score (nSPS) is 11.4. The first kappa shape index (κ1) is 11.7. The van der Waals surface area contributed by atoms with Gasteiger partial charge < -0.3 is 15.7 Å². The smallest absolute Gasteiger partial charge is 0.142 e. The lowest BCUT2D eigenvalue weighted by Crippen LogP contribution is -2.15. The van der Waals surface area contributed by atoms with Gasteiger partial charge in [-0.25, -0.2) is 0 Å². The molecule has 82 valence electrons. The van der Waals surface area contributed by atoms with Gasteiger partial charge in [-0.05, 0) is 18.4 Å². The largest absolute Gasteiger partial charge is 0.492 e. The number of nitrogens with two attached hydrogens (primary N) is 1. The summed E-state index contributed by atoms with van der Waals surface area (Å²) in [6.45, 7) is 0.410. The van der Waals surface area contributed by atoms with Crippen LogP contribution in [0.2, 0.25) is 0 Å². The third-order valence-electron chi connectivity index (χ3n) is 1.81. The molecule has 1 rings (SSSR count). The Morgan fingerprint density at radius 2 is 2.27 bits per heavy atom. The van der Waals surface area contributed by atoms with E-state index in [0.29, 0.717) is 13.0 Å². The topological polar surface area (TPSA) is 67.8 Å². The molecule has 3 N–H and O–H groups in total. The lowest BCUT2D eigenvalue weighted by Gasteiger charge is -2.08. The van der Waals surface area contributed by atoms with Crippen LogP contribution in [0, 0.1) is 0 Å². The van der Waals surface area contributed by atoms with E-state index in [-0.39, 0.29) is 5.84 Å². The van der Waals surface area contributed by atoms with Crippen molar-refractivity contribution in [1.29, 1.82) is 0 Å². The number of benzene rings is 1. The van der Waals surface area contributed by atoms with E-state index >= 15 is 0 Å². The first-order chi connectivity index (χ1) is 7.27. The summed E-state index contributed by atoms with van der Waals surface area (Å²) in [4.78, 5) is 1.08. The van der Waals surface area contributed by atoms with Crippen LogP contribution < -0.4 is 10.5 Å². The molecule has 0 spiro atoms. The highest BCUT2D eigenvalue weighted by atomic mass is 32.2. The predicted molar refractivity (Wildman–Crippen MR) is 61.7 cm³/mol. The highest BCUT2D eigenvalue weighted by molar-refractivity contribution is 7.98. The maximum atomic E-state index is 8.34. The predicted octanol–water partition coefficient (Wildman–Crippen LogP) is 1.92. The van der Waals surface area contributed by atoms with Gasteiger partial charge in [0.1, 0.15) is 11.6 Å². The van der Waals surface area contributed by atoms with E-state index in [1.807, 2.05) is 30.5 Å². The van der Waals surface area contributed by atoms with Crippen LogP contribution in [0.15, 0.2) is 34.3 Å². The molecule has 0 bridgehead atoms. The Labute approximate surface area is 93.1 Å². The van der Waals surface area contributed by atoms with E-state index < -0.39 is 0 Å². The molecule has 4 nitrogen and oxygen atoms in total. The van der Waals surface area contributed by atoms with Crippen molar-refractivity contribution >= 4 is 17.6 Å². The Bertz CT molecular complexity index is 342. The molecule has 0 fully saturated rings. The fourth-order valence-corrected chi connectivity index (χ4v) is 1.60. The molecule has 0 saturated carbocycles. The average Bonchev–Trinajstić information content (AvgIpc) is 2.29. The molecule has 0 saturated heterocycles. The highest BCUT2D eigenvalue weighted by Crippen LogP contribution is 2.26. The van der Waals surface area contributed by atoms with Crippen molar-refractivity contribution in [3.05, 3.63) is 24.3 Å². The van der Waals surface area contributed by atoms with Crippen LogP contribution in [-0.2, 0) is 0 Å². The lowest BCUT2D eigenvalue weighted by atomic mass is 10.3. The summed E-state index contributed by atoms with van der Waals surface area (Å²) in [7, 11) is 0. The second-order valence-electron chi connectivity index (χ2n) is 2.84. The zero-order valence-electron chi connectivity index (χ0n) is 8.51. The van der Waals surface area contributed by atoms with E-state index in [9.17, 15) is 0 Å². The van der Waals surface area contributed by atoms with Crippen LogP contribution in [0.25, 0.3) is 0 Å². The van der Waals surface area contributed by atoms with Gasteiger partial charge in [0, 0.05) is 11.3 Å². The number of para-hydroxylation sites is 1. The molecule has 0 heterocycles. The number of amidine groups is 1. The second kappa shape index (κ2) is 6.19. The number of hydrogen-bond acceptors (Lipinski definition) is 4. The van der Waals surface area contributed by atoms with Crippen LogP contribution in [0.3, 0.4) is 0 Å². The zero-order chi connectivity index (χ0) is 11.1. The van der Waals surface area contributed by atoms with Crippen molar-refractivity contribution in [3.8, 4) is 5.75 Å². The summed E-state index contributed by atoms with van der Waals surface area (Å²) < 4.78 is 5.51. The van der Waals surface area contributed by atoms with Crippen molar-refractivity contribution in [2.75, 3.05) is 12.9 Å². The van der Waals surface area contributed by atoms with E-state index in [4.69, 9.17) is 15.7 Å². The van der Waals surface area contributed by atoms with Crippen molar-refractivity contribution in [2.45, 2.75) is 11.3 Å². The fourth-order valence-electron chi connectivity index (χ4n) is 1.05. The van der Waals surface area contributed by atoms with Crippen LogP contribution in [0.4, 0.5) is 0 Å². The molecule has 1 aromatic carbocycles. The van der Waals surface area contributed by atoms with Gasteiger partial charge in [0.2, 0.25) is 0 Å². The Hall–Kier alpha value is -1.36. The number of thioether (sulfide) groups is 1. The minimum Gasteiger partial charge on any atom is -0.492 e. The SMILES string of the molecule is CSc1ccccc1OCCC(N)=NO. The zero-order valence-corrected chi connectivity index (χ0v) is 9.33. The second-order valence-corrected chi connectivity index (χ2v) is 3.69. The van der Waals surface area contributed by atoms with Crippen molar-refractivity contribution < 1.29 is 9.94 Å². The molecule has 0 aliphatic heterocycles. The van der Waals surface area contributed by atoms with E-state index in [1.165, 1.54) is 0 Å². The summed E-state index contributed by atoms with van der Waals surface area (Å²) >= 11 is 1.62. The molecule has 0 aliphatic carbocycles. The molecule has 1 aromatic rings. The molecule has 15 heavy (non-hydrogen) atoms. The molecule has 0 aromatic heterocycles. The summed E-state index contributed by atoms with van der Waals surface area (Å²) in [6, 6.07) is 7.77. The fraction of sp³-hybridized carbons (Fsp3) is 0.300. The summed E-state index contributed by atoms with van der Waals surface area (Å²) in [5.41, 5.74) is 5.32. The first-order valence-corrected chi connectivity index (χ1v) is 5.72. The number of hydrogen-bond donors (Lipinski definition) is 2. The number of rotatable bonds is 5. The molecule has 0 atom stereocenters. The number of nitrogens with zero attached hydrogens (tertiary/aromatic N) is 1. The molecular weight excluding hydrogens is 212 g/mol. The standard InChI is InChI=1S/C10H14N2O2S/c1-15-9-5-3-2-4-8(9)14-7-6-10(11)12-13/h2-5,13H,6-7H2,1H3,(H2,11,12). The lowest BCUT2D eigenvalue weighted by molar-refractivity contribution is 0.303. The first-order valence-electron chi connectivity index (χ1n) is 4.50. The monoisotopic (exact) mass is 226 g/mol. The Kier molecular flexibility index (Phi) is 4.83. The van der Waals surface area contributed by atoms with E-state index in [0.717, 1.165) is 10.6 Å². The van der Waals surface area contributed by atoms with Crippen LogP contribution in [-0.4, -0.2) is 23.9 Å².